The van der Waals surface area contributed by atoms with E-state index in [1.165, 1.54) is 10.6 Å². The molecule has 0 aliphatic rings. The van der Waals surface area contributed by atoms with Crippen molar-refractivity contribution in [3.05, 3.63) is 117 Å². The van der Waals surface area contributed by atoms with Gasteiger partial charge in [-0.2, -0.15) is 18.4 Å². The number of nitrogens with zero attached hydrogens (tertiary/aromatic N) is 3. The van der Waals surface area contributed by atoms with Crippen LogP contribution >= 0.6 is 0 Å². The molecular weight excluding hydrogens is 463 g/mol. The maximum Gasteiger partial charge on any atom is 0.417 e. The molecule has 0 aliphatic carbocycles. The van der Waals surface area contributed by atoms with Gasteiger partial charge in [-0.05, 0) is 60.9 Å². The average Bonchev–Trinajstić information content (AvgIpc) is 2.86. The van der Waals surface area contributed by atoms with Gasteiger partial charge in [0.2, 0.25) is 0 Å². The van der Waals surface area contributed by atoms with E-state index in [0.717, 1.165) is 34.1 Å². The summed E-state index contributed by atoms with van der Waals surface area (Å²) in [7, 11) is 1.89. The first-order chi connectivity index (χ1) is 17.1. The van der Waals surface area contributed by atoms with Crippen LogP contribution in [0.4, 0.5) is 24.5 Å². The number of para-hydroxylation sites is 1. The summed E-state index contributed by atoms with van der Waals surface area (Å²) in [5.41, 5.74) is 1.95. The van der Waals surface area contributed by atoms with Crippen LogP contribution in [0, 0.1) is 25.2 Å². The number of anilines is 2. The maximum absolute atomic E-state index is 13.8. The number of pyridine rings is 1. The van der Waals surface area contributed by atoms with Gasteiger partial charge in [-0.25, -0.2) is 0 Å². The fourth-order valence-electron chi connectivity index (χ4n) is 4.22. The zero-order chi connectivity index (χ0) is 26.0. The molecule has 0 spiro atoms. The predicted molar refractivity (Wildman–Crippen MR) is 135 cm³/mol. The molecular formula is C29H24F3N3O. The molecule has 0 aliphatic heterocycles. The van der Waals surface area contributed by atoms with Crippen LogP contribution in [0.5, 0.6) is 0 Å². The quantitative estimate of drug-likeness (QED) is 0.310. The Balaban J connectivity index is 1.87. The molecule has 4 rings (SSSR count). The van der Waals surface area contributed by atoms with Gasteiger partial charge in [-0.3, -0.25) is 4.79 Å². The van der Waals surface area contributed by atoms with Crippen molar-refractivity contribution in [2.75, 3.05) is 11.9 Å². The smallest absolute Gasteiger partial charge is 0.345 e. The summed E-state index contributed by atoms with van der Waals surface area (Å²) >= 11 is 0. The Kier molecular flexibility index (Phi) is 6.71. The van der Waals surface area contributed by atoms with Crippen molar-refractivity contribution >= 4 is 11.4 Å². The van der Waals surface area contributed by atoms with Crippen LogP contribution in [0.15, 0.2) is 83.7 Å². The van der Waals surface area contributed by atoms with Crippen molar-refractivity contribution in [1.82, 2.24) is 4.57 Å². The third kappa shape index (κ3) is 4.89. The monoisotopic (exact) mass is 487 g/mol. The van der Waals surface area contributed by atoms with E-state index in [9.17, 15) is 23.2 Å². The van der Waals surface area contributed by atoms with E-state index < -0.39 is 22.9 Å². The second kappa shape index (κ2) is 9.74. The average molecular weight is 488 g/mol. The second-order valence-electron chi connectivity index (χ2n) is 8.69. The van der Waals surface area contributed by atoms with Crippen molar-refractivity contribution in [2.45, 2.75) is 26.6 Å². The van der Waals surface area contributed by atoms with E-state index in [4.69, 9.17) is 0 Å². The molecule has 36 heavy (non-hydrogen) atoms. The SMILES string of the molecule is Cc1ccc(Cn2c(-c3ccc(N(C)c4ccccc4)cc3)cc(C(F)(F)F)c(C#N)c2=O)c(C)c1. The summed E-state index contributed by atoms with van der Waals surface area (Å²) in [5, 5.41) is 9.44. The summed E-state index contributed by atoms with van der Waals surface area (Å²) in [6.45, 7) is 3.86. The van der Waals surface area contributed by atoms with Crippen molar-refractivity contribution in [2.24, 2.45) is 0 Å². The maximum atomic E-state index is 13.8. The molecule has 3 aromatic carbocycles. The Morgan fingerprint density at radius 2 is 1.56 bits per heavy atom. The Morgan fingerprint density at radius 3 is 2.14 bits per heavy atom. The highest BCUT2D eigenvalue weighted by Gasteiger charge is 2.36. The van der Waals surface area contributed by atoms with Gasteiger partial charge < -0.3 is 9.47 Å². The zero-order valence-electron chi connectivity index (χ0n) is 20.1. The minimum atomic E-state index is -4.84. The van der Waals surface area contributed by atoms with E-state index >= 15 is 0 Å². The van der Waals surface area contributed by atoms with Crippen LogP contribution in [0.1, 0.15) is 27.8 Å². The predicted octanol–water partition coefficient (Wildman–Crippen LogP) is 6.84. The highest BCUT2D eigenvalue weighted by molar-refractivity contribution is 5.69. The third-order valence-electron chi connectivity index (χ3n) is 6.24. The van der Waals surface area contributed by atoms with Gasteiger partial charge in [-0.15, -0.1) is 0 Å². The van der Waals surface area contributed by atoms with E-state index in [1.807, 2.05) is 74.3 Å². The van der Waals surface area contributed by atoms with Crippen molar-refractivity contribution < 1.29 is 13.2 Å². The van der Waals surface area contributed by atoms with Crippen LogP contribution in [0.3, 0.4) is 0 Å². The number of aromatic nitrogens is 1. The molecule has 0 N–H and O–H groups in total. The fraction of sp³-hybridized carbons (Fsp3) is 0.172. The molecule has 0 unspecified atom stereocenters. The van der Waals surface area contributed by atoms with Crippen LogP contribution in [0.2, 0.25) is 0 Å². The number of rotatable bonds is 5. The molecule has 0 radical (unpaired) electrons. The second-order valence-corrected chi connectivity index (χ2v) is 8.69. The Labute approximate surface area is 207 Å². The van der Waals surface area contributed by atoms with E-state index in [-0.39, 0.29) is 12.2 Å². The van der Waals surface area contributed by atoms with Gasteiger partial charge in [0.25, 0.3) is 5.56 Å². The van der Waals surface area contributed by atoms with Gasteiger partial charge in [0.1, 0.15) is 11.6 Å². The molecule has 4 nitrogen and oxygen atoms in total. The van der Waals surface area contributed by atoms with Crippen molar-refractivity contribution in [3.8, 4) is 17.3 Å². The number of hydrogen-bond donors (Lipinski definition) is 0. The Bertz CT molecular complexity index is 1500. The van der Waals surface area contributed by atoms with Crippen LogP contribution < -0.4 is 10.5 Å². The van der Waals surface area contributed by atoms with Crippen molar-refractivity contribution in [1.29, 1.82) is 5.26 Å². The molecule has 182 valence electrons. The van der Waals surface area contributed by atoms with E-state index in [2.05, 4.69) is 0 Å². The van der Waals surface area contributed by atoms with Crippen molar-refractivity contribution in [3.63, 3.8) is 0 Å². The molecule has 7 heteroatoms. The minimum Gasteiger partial charge on any atom is -0.345 e. The normalized spacial score (nSPS) is 11.2. The highest BCUT2D eigenvalue weighted by atomic mass is 19.4. The summed E-state index contributed by atoms with van der Waals surface area (Å²) in [6.07, 6.45) is -4.84. The van der Waals surface area contributed by atoms with Gasteiger partial charge in [0.05, 0.1) is 17.8 Å². The number of hydrogen-bond acceptors (Lipinski definition) is 3. The lowest BCUT2D eigenvalue weighted by molar-refractivity contribution is -0.137. The topological polar surface area (TPSA) is 49.0 Å². The first-order valence-corrected chi connectivity index (χ1v) is 11.3. The number of alkyl halides is 3. The van der Waals surface area contributed by atoms with Crippen LogP contribution in [-0.4, -0.2) is 11.6 Å². The number of halogens is 3. The van der Waals surface area contributed by atoms with Gasteiger partial charge >= 0.3 is 6.18 Å². The highest BCUT2D eigenvalue weighted by Crippen LogP contribution is 2.34. The fourth-order valence-corrected chi connectivity index (χ4v) is 4.22. The molecule has 0 fully saturated rings. The summed E-state index contributed by atoms with van der Waals surface area (Å²) in [6, 6.07) is 24.7. The Morgan fingerprint density at radius 1 is 0.917 bits per heavy atom. The molecule has 0 bridgehead atoms. The first kappa shape index (κ1) is 24.8. The first-order valence-electron chi connectivity index (χ1n) is 11.3. The molecule has 4 aromatic rings. The van der Waals surface area contributed by atoms with Gasteiger partial charge in [-0.1, -0.05) is 54.1 Å². The number of aryl methyl sites for hydroxylation is 2. The minimum absolute atomic E-state index is 0.0404. The molecule has 1 aromatic heterocycles. The lowest BCUT2D eigenvalue weighted by Gasteiger charge is -2.21. The molecule has 0 amide bonds. The summed E-state index contributed by atoms with van der Waals surface area (Å²) in [5.74, 6) is 0. The lowest BCUT2D eigenvalue weighted by atomic mass is 10.0. The summed E-state index contributed by atoms with van der Waals surface area (Å²) in [4.78, 5) is 15.2. The standard InChI is InChI=1S/C29H24F3N3O/c1-19-9-10-22(20(2)15-19)18-35-27(16-26(29(30,31)32)25(17-33)28(35)36)21-11-13-24(14-12-21)34(3)23-7-5-4-6-8-23/h4-16H,18H2,1-3H3. The van der Waals surface area contributed by atoms with Crippen LogP contribution in [0.25, 0.3) is 11.3 Å². The molecule has 0 saturated carbocycles. The largest absolute Gasteiger partial charge is 0.417 e. The van der Waals surface area contributed by atoms with E-state index in [0.29, 0.717) is 5.56 Å². The van der Waals surface area contributed by atoms with Gasteiger partial charge in [0, 0.05) is 18.4 Å². The zero-order valence-corrected chi connectivity index (χ0v) is 20.1. The molecule has 1 heterocycles. The number of benzene rings is 3. The molecule has 0 atom stereocenters. The third-order valence-corrected chi connectivity index (χ3v) is 6.24. The summed E-state index contributed by atoms with van der Waals surface area (Å²) < 4.78 is 42.7. The van der Waals surface area contributed by atoms with Gasteiger partial charge in [0.15, 0.2) is 0 Å². The van der Waals surface area contributed by atoms with E-state index in [1.54, 1.807) is 24.3 Å². The lowest BCUT2D eigenvalue weighted by Crippen LogP contribution is -2.29. The number of nitriles is 1. The Hall–Kier alpha value is -4.31. The molecule has 0 saturated heterocycles. The van der Waals surface area contributed by atoms with Crippen LogP contribution in [-0.2, 0) is 12.7 Å².